The Morgan fingerprint density at radius 1 is 1.00 bits per heavy atom. The lowest BCUT2D eigenvalue weighted by Gasteiger charge is -2.32. The summed E-state index contributed by atoms with van der Waals surface area (Å²) in [4.78, 5) is 0. The van der Waals surface area contributed by atoms with Crippen LogP contribution >= 0.6 is 0 Å². The minimum atomic E-state index is -2.94. The minimum Gasteiger partial charge on any atom is -0.393 e. The molecule has 0 aliphatic heterocycles. The molecule has 2 saturated carbocycles. The predicted molar refractivity (Wildman–Crippen MR) is 82.4 cm³/mol. The van der Waals surface area contributed by atoms with E-state index >= 15 is 0 Å². The van der Waals surface area contributed by atoms with Crippen molar-refractivity contribution in [3.63, 3.8) is 0 Å². The molecule has 0 amide bonds. The second-order valence-corrected chi connectivity index (χ2v) is 9.36. The molecule has 0 bridgehead atoms. The summed E-state index contributed by atoms with van der Waals surface area (Å²) in [5, 5.41) is 10.3. The summed E-state index contributed by atoms with van der Waals surface area (Å²) in [6.07, 6.45) is 13.1. The Kier molecular flexibility index (Phi) is 5.91. The fourth-order valence-electron chi connectivity index (χ4n) is 4.05. The predicted octanol–water partition coefficient (Wildman–Crippen LogP) is 3.31. The Morgan fingerprint density at radius 3 is 2.25 bits per heavy atom. The summed E-state index contributed by atoms with van der Waals surface area (Å²) in [6.45, 7) is 0. The van der Waals surface area contributed by atoms with Gasteiger partial charge in [0.05, 0.1) is 11.4 Å². The van der Waals surface area contributed by atoms with E-state index in [1.54, 1.807) is 0 Å². The fraction of sp³-hybridized carbons (Fsp3) is 1.00. The van der Waals surface area contributed by atoms with E-state index in [9.17, 15) is 13.5 Å². The molecule has 118 valence electrons. The van der Waals surface area contributed by atoms with E-state index in [1.807, 2.05) is 0 Å². The summed E-state index contributed by atoms with van der Waals surface area (Å²) in [5.41, 5.74) is 0. The second-order valence-electron chi connectivity index (χ2n) is 7.04. The van der Waals surface area contributed by atoms with E-state index in [-0.39, 0.29) is 17.3 Å². The van der Waals surface area contributed by atoms with Gasteiger partial charge in [-0.25, -0.2) is 8.42 Å². The first kappa shape index (κ1) is 16.3. The van der Waals surface area contributed by atoms with Crippen molar-refractivity contribution < 1.29 is 13.5 Å². The van der Waals surface area contributed by atoms with Crippen LogP contribution in [-0.4, -0.2) is 31.1 Å². The molecule has 0 heterocycles. The topological polar surface area (TPSA) is 54.4 Å². The Hall–Kier alpha value is -0.0900. The average Bonchev–Trinajstić information content (AvgIpc) is 2.66. The number of hydrogen-bond acceptors (Lipinski definition) is 3. The lowest BCUT2D eigenvalue weighted by molar-refractivity contribution is 0.0606. The third kappa shape index (κ3) is 4.73. The quantitative estimate of drug-likeness (QED) is 0.811. The van der Waals surface area contributed by atoms with Crippen molar-refractivity contribution in [1.82, 2.24) is 0 Å². The molecule has 0 aromatic carbocycles. The summed E-state index contributed by atoms with van der Waals surface area (Å²) in [7, 11) is -2.94. The fourth-order valence-corrected chi connectivity index (χ4v) is 5.24. The van der Waals surface area contributed by atoms with Crippen LogP contribution in [0.15, 0.2) is 0 Å². The molecule has 0 radical (unpaired) electrons. The Bertz CT molecular complexity index is 383. The lowest BCUT2D eigenvalue weighted by atomic mass is 9.80. The van der Waals surface area contributed by atoms with Gasteiger partial charge in [0, 0.05) is 6.26 Å². The van der Waals surface area contributed by atoms with Crippen LogP contribution in [0.5, 0.6) is 0 Å². The van der Waals surface area contributed by atoms with E-state index in [4.69, 9.17) is 0 Å². The van der Waals surface area contributed by atoms with Gasteiger partial charge in [0.2, 0.25) is 0 Å². The summed E-state index contributed by atoms with van der Waals surface area (Å²) in [6, 6.07) is 0. The van der Waals surface area contributed by atoms with Crippen molar-refractivity contribution in [3.05, 3.63) is 0 Å². The first-order chi connectivity index (χ1) is 9.47. The highest BCUT2D eigenvalue weighted by atomic mass is 32.2. The van der Waals surface area contributed by atoms with Gasteiger partial charge in [-0.3, -0.25) is 0 Å². The highest BCUT2D eigenvalue weighted by molar-refractivity contribution is 7.91. The van der Waals surface area contributed by atoms with Crippen LogP contribution in [0.25, 0.3) is 0 Å². The van der Waals surface area contributed by atoms with Crippen LogP contribution < -0.4 is 0 Å². The van der Waals surface area contributed by atoms with Crippen LogP contribution in [0, 0.1) is 11.8 Å². The number of aliphatic hydroxyl groups is 1. The SMILES string of the molecule is CS(=O)(=O)C1CCCC(C(O)CC2CCCCCC2)C1. The molecule has 0 aromatic heterocycles. The van der Waals surface area contributed by atoms with E-state index in [0.29, 0.717) is 12.3 Å². The number of hydrogen-bond donors (Lipinski definition) is 1. The molecule has 3 unspecified atom stereocenters. The molecule has 0 spiro atoms. The van der Waals surface area contributed by atoms with Gasteiger partial charge in [-0.15, -0.1) is 0 Å². The van der Waals surface area contributed by atoms with E-state index in [2.05, 4.69) is 0 Å². The highest BCUT2D eigenvalue weighted by Gasteiger charge is 2.33. The highest BCUT2D eigenvalue weighted by Crippen LogP contribution is 2.35. The van der Waals surface area contributed by atoms with Gasteiger partial charge in [0.1, 0.15) is 9.84 Å². The molecule has 0 saturated heterocycles. The first-order valence-corrected chi connectivity index (χ1v) is 10.3. The van der Waals surface area contributed by atoms with Crippen LogP contribution in [0.4, 0.5) is 0 Å². The summed E-state index contributed by atoms with van der Waals surface area (Å²) < 4.78 is 23.4. The molecular formula is C16H30O3S. The van der Waals surface area contributed by atoms with Gasteiger partial charge in [0.15, 0.2) is 0 Å². The van der Waals surface area contributed by atoms with Gasteiger partial charge < -0.3 is 5.11 Å². The molecule has 20 heavy (non-hydrogen) atoms. The maximum atomic E-state index is 11.7. The monoisotopic (exact) mass is 302 g/mol. The number of aliphatic hydroxyl groups excluding tert-OH is 1. The molecular weight excluding hydrogens is 272 g/mol. The molecule has 3 atom stereocenters. The maximum absolute atomic E-state index is 11.7. The maximum Gasteiger partial charge on any atom is 0.150 e. The Labute approximate surface area is 124 Å². The van der Waals surface area contributed by atoms with Crippen LogP contribution in [0.3, 0.4) is 0 Å². The van der Waals surface area contributed by atoms with Gasteiger partial charge in [-0.05, 0) is 37.5 Å². The molecule has 2 aliphatic carbocycles. The number of rotatable bonds is 4. The van der Waals surface area contributed by atoms with Gasteiger partial charge in [-0.1, -0.05) is 44.9 Å². The zero-order chi connectivity index (χ0) is 14.6. The largest absolute Gasteiger partial charge is 0.393 e. The molecule has 4 heteroatoms. The molecule has 0 aromatic rings. The molecule has 2 fully saturated rings. The van der Waals surface area contributed by atoms with Crippen LogP contribution in [-0.2, 0) is 9.84 Å². The molecule has 2 rings (SSSR count). The lowest BCUT2D eigenvalue weighted by Crippen LogP contribution is -2.34. The summed E-state index contributed by atoms with van der Waals surface area (Å²) in [5.74, 6) is 0.859. The van der Waals surface area contributed by atoms with Gasteiger partial charge >= 0.3 is 0 Å². The third-order valence-electron chi connectivity index (χ3n) is 5.37. The van der Waals surface area contributed by atoms with E-state index in [0.717, 1.165) is 25.7 Å². The first-order valence-electron chi connectivity index (χ1n) is 8.33. The van der Waals surface area contributed by atoms with Crippen molar-refractivity contribution in [2.75, 3.05) is 6.26 Å². The smallest absolute Gasteiger partial charge is 0.150 e. The zero-order valence-corrected chi connectivity index (χ0v) is 13.6. The van der Waals surface area contributed by atoms with Crippen molar-refractivity contribution in [3.8, 4) is 0 Å². The normalized spacial score (nSPS) is 31.7. The van der Waals surface area contributed by atoms with Gasteiger partial charge in [-0.2, -0.15) is 0 Å². The van der Waals surface area contributed by atoms with E-state index in [1.165, 1.54) is 44.8 Å². The minimum absolute atomic E-state index is 0.201. The zero-order valence-electron chi connectivity index (χ0n) is 12.8. The van der Waals surface area contributed by atoms with E-state index < -0.39 is 9.84 Å². The Morgan fingerprint density at radius 2 is 1.65 bits per heavy atom. The van der Waals surface area contributed by atoms with Crippen molar-refractivity contribution in [2.45, 2.75) is 82.0 Å². The third-order valence-corrected chi connectivity index (χ3v) is 7.01. The van der Waals surface area contributed by atoms with Crippen molar-refractivity contribution in [2.24, 2.45) is 11.8 Å². The number of sulfone groups is 1. The molecule has 1 N–H and O–H groups in total. The molecule has 2 aliphatic rings. The van der Waals surface area contributed by atoms with Crippen LogP contribution in [0.2, 0.25) is 0 Å². The summed E-state index contributed by atoms with van der Waals surface area (Å²) >= 11 is 0. The average molecular weight is 302 g/mol. The second kappa shape index (κ2) is 7.26. The van der Waals surface area contributed by atoms with Crippen LogP contribution in [0.1, 0.15) is 70.6 Å². The Balaban J connectivity index is 1.86. The van der Waals surface area contributed by atoms with Gasteiger partial charge in [0.25, 0.3) is 0 Å². The standard InChI is InChI=1S/C16H30O3S/c1-20(18,19)15-10-6-9-14(12-15)16(17)11-13-7-4-2-3-5-8-13/h13-17H,2-12H2,1H3. The molecule has 3 nitrogen and oxygen atoms in total. The van der Waals surface area contributed by atoms with Crippen molar-refractivity contribution in [1.29, 1.82) is 0 Å². The van der Waals surface area contributed by atoms with Crippen molar-refractivity contribution >= 4 is 9.84 Å².